The third-order valence-corrected chi connectivity index (χ3v) is 4.59. The summed E-state index contributed by atoms with van der Waals surface area (Å²) in [4.78, 5) is 47.4. The molecule has 2 amide bonds. The van der Waals surface area contributed by atoms with Crippen LogP contribution in [0.1, 0.15) is 77.0 Å². The number of carbonyl (C=O) groups excluding carboxylic acids is 4. The summed E-state index contributed by atoms with van der Waals surface area (Å²) in [5.41, 5.74) is 10.6. The maximum atomic E-state index is 10.7. The maximum absolute atomic E-state index is 10.7. The van der Waals surface area contributed by atoms with E-state index in [1.165, 1.54) is 39.2 Å². The second-order valence-corrected chi connectivity index (χ2v) is 7.60. The van der Waals surface area contributed by atoms with Gasteiger partial charge in [-0.3, -0.25) is 0 Å². The van der Waals surface area contributed by atoms with Gasteiger partial charge in [-0.15, -0.1) is 0 Å². The third-order valence-electron chi connectivity index (χ3n) is 4.59. The van der Waals surface area contributed by atoms with Gasteiger partial charge in [0.2, 0.25) is 12.2 Å². The predicted octanol–water partition coefficient (Wildman–Crippen LogP) is 2.94. The van der Waals surface area contributed by atoms with E-state index < -0.39 is 12.2 Å². The zero-order valence-corrected chi connectivity index (χ0v) is 22.2. The van der Waals surface area contributed by atoms with Crippen LogP contribution in [0, 0.1) is 0 Å². The molecule has 0 saturated carbocycles. The first-order valence-corrected chi connectivity index (χ1v) is 12.6. The lowest BCUT2D eigenvalue weighted by atomic mass is 10.2. The predicted molar refractivity (Wildman–Crippen MR) is 140 cm³/mol. The first kappa shape index (κ1) is 37.8. The topological polar surface area (TPSA) is 188 Å². The van der Waals surface area contributed by atoms with Gasteiger partial charge < -0.3 is 31.6 Å². The van der Waals surface area contributed by atoms with Gasteiger partial charge in [-0.1, -0.05) is 38.5 Å². The molecule has 0 rings (SSSR count). The van der Waals surface area contributed by atoms with Crippen molar-refractivity contribution in [1.29, 1.82) is 0 Å². The number of hydrogen-bond donors (Lipinski definition) is 4. The average Bonchev–Trinajstić information content (AvgIpc) is 2.90. The van der Waals surface area contributed by atoms with Crippen LogP contribution >= 0.6 is 0 Å². The molecule has 0 fully saturated rings. The van der Waals surface area contributed by atoms with Crippen molar-refractivity contribution >= 4 is 24.3 Å². The van der Waals surface area contributed by atoms with Crippen LogP contribution in [0.3, 0.4) is 0 Å². The minimum absolute atomic E-state index is 0.396. The Morgan fingerprint density at radius 2 is 0.944 bits per heavy atom. The number of carbonyl (C=O) groups is 2. The van der Waals surface area contributed by atoms with Crippen molar-refractivity contribution in [2.45, 2.75) is 77.0 Å². The zero-order chi connectivity index (χ0) is 27.5. The minimum atomic E-state index is -0.396. The van der Waals surface area contributed by atoms with E-state index >= 15 is 0 Å². The van der Waals surface area contributed by atoms with Gasteiger partial charge in [0.25, 0.3) is 0 Å². The minimum Gasteiger partial charge on any atom is -0.453 e. The summed E-state index contributed by atoms with van der Waals surface area (Å²) >= 11 is 0. The number of nitrogens with two attached hydrogens (primary N) is 2. The molecule has 210 valence electrons. The SMILES string of the molecule is COC(=O)NCCCCCCNC(=O)OC.NCCCCCCN.O=C=NCCCCCCN=C=O. The Bertz CT molecular complexity index is 531. The van der Waals surface area contributed by atoms with E-state index in [4.69, 9.17) is 11.5 Å². The molecule has 0 aromatic heterocycles. The van der Waals surface area contributed by atoms with Gasteiger partial charge in [-0.05, 0) is 51.6 Å². The van der Waals surface area contributed by atoms with E-state index in [1.54, 1.807) is 0 Å². The van der Waals surface area contributed by atoms with Crippen LogP contribution in [0.15, 0.2) is 9.98 Å². The molecule has 0 radical (unpaired) electrons. The molecule has 0 aromatic rings. The van der Waals surface area contributed by atoms with Crippen LogP contribution in [0.5, 0.6) is 0 Å². The van der Waals surface area contributed by atoms with Crippen molar-refractivity contribution in [3.8, 4) is 0 Å². The maximum Gasteiger partial charge on any atom is 0.406 e. The third kappa shape index (κ3) is 41.5. The number of nitrogens with zero attached hydrogens (tertiary/aromatic N) is 2. The van der Waals surface area contributed by atoms with Gasteiger partial charge >= 0.3 is 12.2 Å². The first-order chi connectivity index (χ1) is 17.5. The Hall–Kier alpha value is -2.78. The molecular formula is C24H48N6O6. The normalized spacial score (nSPS) is 9.11. The van der Waals surface area contributed by atoms with Crippen LogP contribution in [0.4, 0.5) is 9.59 Å². The van der Waals surface area contributed by atoms with E-state index in [0.29, 0.717) is 26.2 Å². The Balaban J connectivity index is -0.000000481. The fourth-order valence-electron chi connectivity index (χ4n) is 2.60. The van der Waals surface area contributed by atoms with Crippen molar-refractivity contribution in [1.82, 2.24) is 10.6 Å². The second-order valence-electron chi connectivity index (χ2n) is 7.60. The molecule has 0 spiro atoms. The molecule has 0 aliphatic carbocycles. The highest BCUT2D eigenvalue weighted by Gasteiger charge is 1.98. The smallest absolute Gasteiger partial charge is 0.406 e. The first-order valence-electron chi connectivity index (χ1n) is 12.6. The number of rotatable bonds is 19. The second kappa shape index (κ2) is 36.8. The number of ether oxygens (including phenoxy) is 2. The van der Waals surface area contributed by atoms with Crippen LogP contribution in [0.25, 0.3) is 0 Å². The highest BCUT2D eigenvalue weighted by Crippen LogP contribution is 1.99. The average molecular weight is 517 g/mol. The molecule has 0 unspecified atom stereocenters. The van der Waals surface area contributed by atoms with Crippen LogP contribution in [-0.4, -0.2) is 77.8 Å². The number of isocyanates is 2. The summed E-state index contributed by atoms with van der Waals surface area (Å²) in [6.07, 6.45) is 14.6. The molecule has 12 heteroatoms. The van der Waals surface area contributed by atoms with Crippen molar-refractivity contribution in [3.63, 3.8) is 0 Å². The van der Waals surface area contributed by atoms with Crippen molar-refractivity contribution in [3.05, 3.63) is 0 Å². The molecule has 0 aromatic carbocycles. The highest BCUT2D eigenvalue weighted by atomic mass is 16.5. The number of alkyl carbamates (subject to hydrolysis) is 2. The molecule has 0 saturated heterocycles. The summed E-state index contributed by atoms with van der Waals surface area (Å²) in [7, 11) is 2.68. The van der Waals surface area contributed by atoms with Crippen molar-refractivity contribution < 1.29 is 28.7 Å². The number of aliphatic imine (C=N–C) groups is 2. The molecule has 0 aliphatic rings. The molecule has 36 heavy (non-hydrogen) atoms. The fourth-order valence-corrected chi connectivity index (χ4v) is 2.60. The Kier molecular flexibility index (Phi) is 38.6. The molecule has 0 heterocycles. The summed E-state index contributed by atoms with van der Waals surface area (Å²) in [6.45, 7) is 4.00. The summed E-state index contributed by atoms with van der Waals surface area (Å²) in [5, 5.41) is 5.20. The van der Waals surface area contributed by atoms with Gasteiger partial charge in [0.15, 0.2) is 0 Å². The number of unbranched alkanes of at least 4 members (excludes halogenated alkanes) is 9. The summed E-state index contributed by atoms with van der Waals surface area (Å²) in [6, 6.07) is 0. The van der Waals surface area contributed by atoms with Gasteiger partial charge in [-0.25, -0.2) is 29.2 Å². The highest BCUT2D eigenvalue weighted by molar-refractivity contribution is 5.67. The standard InChI is InChI=1S/C10H20N2O4.C8H12N2O2.C6H16N2/c1-15-9(13)11-7-5-3-4-6-8-12-10(14)16-2;11-7-9-5-3-1-2-4-6-10-8-12;7-5-3-1-2-4-6-8/h3-8H2,1-2H3,(H,11,13)(H,12,14);1-6H2;1-8H2. The lowest BCUT2D eigenvalue weighted by Crippen LogP contribution is -2.24. The summed E-state index contributed by atoms with van der Waals surface area (Å²) < 4.78 is 8.85. The lowest BCUT2D eigenvalue weighted by Gasteiger charge is -2.04. The number of methoxy groups -OCH3 is 2. The van der Waals surface area contributed by atoms with Gasteiger partial charge in [0.1, 0.15) is 0 Å². The van der Waals surface area contributed by atoms with Gasteiger partial charge in [0.05, 0.1) is 27.3 Å². The molecule has 0 atom stereocenters. The molecule has 12 nitrogen and oxygen atoms in total. The quantitative estimate of drug-likeness (QED) is 0.114. The van der Waals surface area contributed by atoms with Crippen LogP contribution < -0.4 is 22.1 Å². The molecule has 6 N–H and O–H groups in total. The molecule has 0 aliphatic heterocycles. The Morgan fingerprint density at radius 3 is 1.25 bits per heavy atom. The van der Waals surface area contributed by atoms with E-state index in [-0.39, 0.29) is 0 Å². The van der Waals surface area contributed by atoms with Crippen LogP contribution in [-0.2, 0) is 19.1 Å². The fraction of sp³-hybridized carbons (Fsp3) is 0.833. The Labute approximate surface area is 216 Å². The van der Waals surface area contributed by atoms with Crippen molar-refractivity contribution in [2.75, 3.05) is 53.5 Å². The van der Waals surface area contributed by atoms with Gasteiger partial charge in [0, 0.05) is 13.1 Å². The van der Waals surface area contributed by atoms with E-state index in [2.05, 4.69) is 30.1 Å². The molecular weight excluding hydrogens is 468 g/mol. The van der Waals surface area contributed by atoms with Gasteiger partial charge in [-0.2, -0.15) is 0 Å². The largest absolute Gasteiger partial charge is 0.453 e. The van der Waals surface area contributed by atoms with Crippen LogP contribution in [0.2, 0.25) is 0 Å². The number of hydrogen-bond acceptors (Lipinski definition) is 10. The number of nitrogens with one attached hydrogen (secondary N) is 2. The van der Waals surface area contributed by atoms with Crippen molar-refractivity contribution in [2.24, 2.45) is 21.5 Å². The Morgan fingerprint density at radius 1 is 0.611 bits per heavy atom. The zero-order valence-electron chi connectivity index (χ0n) is 22.2. The molecule has 0 bridgehead atoms. The monoisotopic (exact) mass is 516 g/mol. The summed E-state index contributed by atoms with van der Waals surface area (Å²) in [5.74, 6) is 0. The van der Waals surface area contributed by atoms with E-state index in [0.717, 1.165) is 77.3 Å². The number of amides is 2. The lowest BCUT2D eigenvalue weighted by molar-refractivity contribution is 0.169. The van der Waals surface area contributed by atoms with E-state index in [9.17, 15) is 19.2 Å². The van der Waals surface area contributed by atoms with E-state index in [1.807, 2.05) is 0 Å².